The average Bonchev–Trinajstić information content (AvgIpc) is 2.14. The number of benzene rings is 1. The minimum absolute atomic E-state index is 0.0642. The van der Waals surface area contributed by atoms with Gasteiger partial charge in [-0.3, -0.25) is 4.55 Å². The molecule has 1 N–H and O–H groups in total. The molecule has 0 fully saturated rings. The summed E-state index contributed by atoms with van der Waals surface area (Å²) in [6.45, 7) is 1.76. The molecular weight excluding hydrogens is 220 g/mol. The summed E-state index contributed by atoms with van der Waals surface area (Å²) in [5.41, 5.74) is 0.774. The Morgan fingerprint density at radius 2 is 1.53 bits per heavy atom. The van der Waals surface area contributed by atoms with Gasteiger partial charge in [-0.15, -0.1) is 0 Å². The van der Waals surface area contributed by atoms with Gasteiger partial charge in [0.25, 0.3) is 0 Å². The maximum absolute atomic E-state index is 11.1. The Morgan fingerprint density at radius 3 is 1.80 bits per heavy atom. The fourth-order valence-electron chi connectivity index (χ4n) is 1.27. The first-order valence-corrected chi connectivity index (χ1v) is 5.54. The molecule has 0 spiro atoms. The average molecular weight is 232 g/mol. The van der Waals surface area contributed by atoms with Gasteiger partial charge in [-0.1, -0.05) is 0 Å². The first kappa shape index (κ1) is 11.8. The Kier molecular flexibility index (Phi) is 3.21. The molecule has 1 rings (SSSR count). The summed E-state index contributed by atoms with van der Waals surface area (Å²) in [5.74, 6) is 0.128. The summed E-state index contributed by atoms with van der Waals surface area (Å²) in [4.78, 5) is -0.349. The molecule has 0 saturated heterocycles. The van der Waals surface area contributed by atoms with Gasteiger partial charge < -0.3 is 9.47 Å². The van der Waals surface area contributed by atoms with Crippen molar-refractivity contribution in [2.24, 2.45) is 0 Å². The van der Waals surface area contributed by atoms with E-state index in [-0.39, 0.29) is 16.4 Å². The normalized spacial score (nSPS) is 11.2. The minimum atomic E-state index is -4.36. The quantitative estimate of drug-likeness (QED) is 0.794. The monoisotopic (exact) mass is 232 g/mol. The number of hydrogen-bond acceptors (Lipinski definition) is 4. The van der Waals surface area contributed by atoms with Crippen molar-refractivity contribution in [2.75, 3.05) is 14.2 Å². The van der Waals surface area contributed by atoms with Crippen LogP contribution in [0.25, 0.3) is 0 Å². The molecule has 1 aromatic carbocycles. The fraction of sp³-hybridized carbons (Fsp3) is 0.333. The van der Waals surface area contributed by atoms with Gasteiger partial charge in [-0.25, -0.2) is 0 Å². The molecule has 0 amide bonds. The number of hydrogen-bond donors (Lipinski definition) is 1. The summed E-state index contributed by atoms with van der Waals surface area (Å²) in [5, 5.41) is 0. The Morgan fingerprint density at radius 1 is 1.13 bits per heavy atom. The van der Waals surface area contributed by atoms with Crippen molar-refractivity contribution in [1.29, 1.82) is 0 Å². The van der Waals surface area contributed by atoms with Crippen LogP contribution in [0.2, 0.25) is 0 Å². The van der Waals surface area contributed by atoms with Crippen molar-refractivity contribution in [2.45, 2.75) is 11.8 Å². The third-order valence-corrected chi connectivity index (χ3v) is 2.78. The standard InChI is InChI=1S/C9H12O5S/c1-6-4-7(13-2)9(15(10,11)12)8(5-6)14-3/h4-5H,1-3H3,(H,10,11,12). The molecule has 84 valence electrons. The fourth-order valence-corrected chi connectivity index (χ4v) is 2.06. The van der Waals surface area contributed by atoms with Gasteiger partial charge in [0.15, 0.2) is 4.90 Å². The van der Waals surface area contributed by atoms with Crippen molar-refractivity contribution in [3.63, 3.8) is 0 Å². The van der Waals surface area contributed by atoms with E-state index in [2.05, 4.69) is 0 Å². The Hall–Kier alpha value is -1.27. The highest BCUT2D eigenvalue weighted by molar-refractivity contribution is 7.86. The van der Waals surface area contributed by atoms with E-state index in [1.54, 1.807) is 6.92 Å². The van der Waals surface area contributed by atoms with Crippen LogP contribution in [0.5, 0.6) is 11.5 Å². The second-order valence-electron chi connectivity index (χ2n) is 2.97. The lowest BCUT2D eigenvalue weighted by atomic mass is 10.2. The highest BCUT2D eigenvalue weighted by Crippen LogP contribution is 2.34. The van der Waals surface area contributed by atoms with E-state index in [4.69, 9.17) is 14.0 Å². The predicted molar refractivity (Wildman–Crippen MR) is 54.1 cm³/mol. The van der Waals surface area contributed by atoms with Crippen molar-refractivity contribution in [3.05, 3.63) is 17.7 Å². The molecular formula is C9H12O5S. The molecule has 0 radical (unpaired) electrons. The summed E-state index contributed by atoms with van der Waals surface area (Å²) < 4.78 is 41.0. The van der Waals surface area contributed by atoms with Crippen LogP contribution in [0.3, 0.4) is 0 Å². The molecule has 0 heterocycles. The SMILES string of the molecule is COc1cc(C)cc(OC)c1S(=O)(=O)O. The van der Waals surface area contributed by atoms with E-state index in [0.717, 1.165) is 5.56 Å². The predicted octanol–water partition coefficient (Wildman–Crippen LogP) is 1.26. The first-order chi connectivity index (χ1) is 6.90. The van der Waals surface area contributed by atoms with Gasteiger partial charge in [-0.05, 0) is 24.6 Å². The van der Waals surface area contributed by atoms with Crippen molar-refractivity contribution in [1.82, 2.24) is 0 Å². The van der Waals surface area contributed by atoms with Crippen LogP contribution >= 0.6 is 0 Å². The lowest BCUT2D eigenvalue weighted by Gasteiger charge is -2.11. The molecule has 0 aromatic heterocycles. The topological polar surface area (TPSA) is 72.8 Å². The minimum Gasteiger partial charge on any atom is -0.495 e. The van der Waals surface area contributed by atoms with Gasteiger partial charge in [0.1, 0.15) is 11.5 Å². The van der Waals surface area contributed by atoms with Crippen molar-refractivity contribution < 1.29 is 22.4 Å². The van der Waals surface area contributed by atoms with Gasteiger partial charge in [0.2, 0.25) is 0 Å². The van der Waals surface area contributed by atoms with E-state index in [0.29, 0.717) is 0 Å². The Bertz CT molecular complexity index is 438. The largest absolute Gasteiger partial charge is 0.495 e. The molecule has 0 aliphatic carbocycles. The summed E-state index contributed by atoms with van der Waals surface area (Å²) in [6.07, 6.45) is 0. The molecule has 0 bridgehead atoms. The van der Waals surface area contributed by atoms with E-state index in [1.807, 2.05) is 0 Å². The highest BCUT2D eigenvalue weighted by Gasteiger charge is 2.22. The van der Waals surface area contributed by atoms with Crippen LogP contribution in [-0.2, 0) is 10.1 Å². The summed E-state index contributed by atoms with van der Waals surface area (Å²) in [7, 11) is -1.71. The summed E-state index contributed by atoms with van der Waals surface area (Å²) >= 11 is 0. The molecule has 0 atom stereocenters. The molecule has 6 heteroatoms. The second kappa shape index (κ2) is 4.08. The number of rotatable bonds is 3. The van der Waals surface area contributed by atoms with Gasteiger partial charge in [-0.2, -0.15) is 8.42 Å². The third-order valence-electron chi connectivity index (χ3n) is 1.86. The maximum atomic E-state index is 11.1. The van der Waals surface area contributed by atoms with Crippen molar-refractivity contribution in [3.8, 4) is 11.5 Å². The molecule has 0 aliphatic rings. The zero-order chi connectivity index (χ0) is 11.6. The Labute approximate surface area is 88.4 Å². The zero-order valence-electron chi connectivity index (χ0n) is 8.64. The number of ether oxygens (including phenoxy) is 2. The lowest BCUT2D eigenvalue weighted by Crippen LogP contribution is -2.04. The van der Waals surface area contributed by atoms with Gasteiger partial charge in [0.05, 0.1) is 14.2 Å². The maximum Gasteiger partial charge on any atom is 0.301 e. The van der Waals surface area contributed by atoms with Crippen LogP contribution in [0.1, 0.15) is 5.56 Å². The third kappa shape index (κ3) is 2.40. The Balaban J connectivity index is 3.59. The van der Waals surface area contributed by atoms with Crippen LogP contribution < -0.4 is 9.47 Å². The van der Waals surface area contributed by atoms with Crippen LogP contribution in [0.4, 0.5) is 0 Å². The van der Waals surface area contributed by atoms with Crippen LogP contribution in [0, 0.1) is 6.92 Å². The van der Waals surface area contributed by atoms with E-state index >= 15 is 0 Å². The van der Waals surface area contributed by atoms with Crippen molar-refractivity contribution >= 4 is 10.1 Å². The van der Waals surface area contributed by atoms with Crippen LogP contribution in [-0.4, -0.2) is 27.2 Å². The highest BCUT2D eigenvalue weighted by atomic mass is 32.2. The number of aryl methyl sites for hydroxylation is 1. The van der Waals surface area contributed by atoms with E-state index in [1.165, 1.54) is 26.4 Å². The molecule has 0 unspecified atom stereocenters. The zero-order valence-corrected chi connectivity index (χ0v) is 9.46. The lowest BCUT2D eigenvalue weighted by molar-refractivity contribution is 0.367. The summed E-state index contributed by atoms with van der Waals surface area (Å²) in [6, 6.07) is 3.01. The number of methoxy groups -OCH3 is 2. The van der Waals surface area contributed by atoms with E-state index < -0.39 is 10.1 Å². The first-order valence-electron chi connectivity index (χ1n) is 4.10. The molecule has 15 heavy (non-hydrogen) atoms. The smallest absolute Gasteiger partial charge is 0.301 e. The molecule has 5 nitrogen and oxygen atoms in total. The second-order valence-corrected chi connectivity index (χ2v) is 4.33. The van der Waals surface area contributed by atoms with Crippen LogP contribution in [0.15, 0.2) is 17.0 Å². The van der Waals surface area contributed by atoms with E-state index in [9.17, 15) is 8.42 Å². The molecule has 0 saturated carbocycles. The van der Waals surface area contributed by atoms with Gasteiger partial charge in [0, 0.05) is 0 Å². The molecule has 0 aliphatic heterocycles. The molecule has 1 aromatic rings. The van der Waals surface area contributed by atoms with Gasteiger partial charge >= 0.3 is 10.1 Å².